The van der Waals surface area contributed by atoms with Crippen molar-refractivity contribution in [2.24, 2.45) is 4.99 Å². The van der Waals surface area contributed by atoms with Crippen molar-refractivity contribution in [2.45, 2.75) is 13.0 Å². The summed E-state index contributed by atoms with van der Waals surface area (Å²) in [6.07, 6.45) is 0. The number of hydrogen-bond acceptors (Lipinski definition) is 5. The van der Waals surface area contributed by atoms with E-state index in [0.29, 0.717) is 27.2 Å². The monoisotopic (exact) mass is 412 g/mol. The summed E-state index contributed by atoms with van der Waals surface area (Å²) < 4.78 is 5.36. The standard InChI is InChI=1S/C21H17ClN2O3S/c1-2-27-20(26)17-18(13-6-4-3-5-7-13)23-21-24(16(25)12-28-21)19(17)14-8-10-15(22)11-9-14/h3-11,19H,2,12H2,1H3. The van der Waals surface area contributed by atoms with Crippen LogP contribution in [0.3, 0.4) is 0 Å². The predicted octanol–water partition coefficient (Wildman–Crippen LogP) is 4.30. The van der Waals surface area contributed by atoms with Crippen LogP contribution < -0.4 is 0 Å². The van der Waals surface area contributed by atoms with Crippen molar-refractivity contribution in [2.75, 3.05) is 12.4 Å². The highest BCUT2D eigenvalue weighted by molar-refractivity contribution is 8.15. The number of aliphatic imine (C=N–C) groups is 1. The van der Waals surface area contributed by atoms with E-state index in [1.807, 2.05) is 42.5 Å². The van der Waals surface area contributed by atoms with E-state index >= 15 is 0 Å². The largest absolute Gasteiger partial charge is 0.463 e. The Labute approximate surface area is 172 Å². The number of hydrogen-bond donors (Lipinski definition) is 0. The topological polar surface area (TPSA) is 59.0 Å². The second-order valence-electron chi connectivity index (χ2n) is 6.25. The smallest absolute Gasteiger partial charge is 0.338 e. The van der Waals surface area contributed by atoms with Crippen LogP contribution in [0, 0.1) is 0 Å². The number of carbonyl (C=O) groups excluding carboxylic acids is 2. The molecule has 0 N–H and O–H groups in total. The Hall–Kier alpha value is -2.57. The molecule has 28 heavy (non-hydrogen) atoms. The van der Waals surface area contributed by atoms with E-state index in [4.69, 9.17) is 16.3 Å². The first-order valence-corrected chi connectivity index (χ1v) is 10.2. The predicted molar refractivity (Wildman–Crippen MR) is 111 cm³/mol. The highest BCUT2D eigenvalue weighted by atomic mass is 35.5. The van der Waals surface area contributed by atoms with Gasteiger partial charge in [0.05, 0.1) is 29.7 Å². The summed E-state index contributed by atoms with van der Waals surface area (Å²) in [4.78, 5) is 31.9. The van der Waals surface area contributed by atoms with Crippen molar-refractivity contribution in [3.05, 3.63) is 76.3 Å². The lowest BCUT2D eigenvalue weighted by Crippen LogP contribution is -2.39. The van der Waals surface area contributed by atoms with Crippen molar-refractivity contribution in [1.82, 2.24) is 4.90 Å². The normalized spacial score (nSPS) is 18.8. The lowest BCUT2D eigenvalue weighted by atomic mass is 9.92. The Morgan fingerprint density at radius 1 is 1.21 bits per heavy atom. The van der Waals surface area contributed by atoms with Crippen LogP contribution in [0.5, 0.6) is 0 Å². The van der Waals surface area contributed by atoms with Crippen LogP contribution in [-0.2, 0) is 14.3 Å². The molecule has 1 atom stereocenters. The number of thioether (sulfide) groups is 1. The summed E-state index contributed by atoms with van der Waals surface area (Å²) in [5.74, 6) is -0.271. The molecule has 2 aliphatic rings. The molecule has 0 bridgehead atoms. The summed E-state index contributed by atoms with van der Waals surface area (Å²) in [7, 11) is 0. The lowest BCUT2D eigenvalue weighted by Gasteiger charge is -2.33. The fourth-order valence-electron chi connectivity index (χ4n) is 3.32. The SMILES string of the molecule is CCOC(=O)C1=C(c2ccccc2)N=C2SCC(=O)N2C1c1ccc(Cl)cc1. The Morgan fingerprint density at radius 3 is 2.61 bits per heavy atom. The van der Waals surface area contributed by atoms with Gasteiger partial charge >= 0.3 is 5.97 Å². The van der Waals surface area contributed by atoms with Gasteiger partial charge in [-0.2, -0.15) is 0 Å². The van der Waals surface area contributed by atoms with Crippen LogP contribution in [0.2, 0.25) is 5.02 Å². The number of ether oxygens (including phenoxy) is 1. The molecule has 0 spiro atoms. The number of fused-ring (bicyclic) bond motifs is 1. The van der Waals surface area contributed by atoms with Crippen molar-refractivity contribution >= 4 is 46.1 Å². The zero-order chi connectivity index (χ0) is 19.7. The average Bonchev–Trinajstić information content (AvgIpc) is 3.09. The molecule has 7 heteroatoms. The van der Waals surface area contributed by atoms with Crippen molar-refractivity contribution in [1.29, 1.82) is 0 Å². The van der Waals surface area contributed by atoms with E-state index in [1.165, 1.54) is 11.8 Å². The van der Waals surface area contributed by atoms with E-state index in [0.717, 1.165) is 11.1 Å². The van der Waals surface area contributed by atoms with Crippen molar-refractivity contribution in [3.8, 4) is 0 Å². The van der Waals surface area contributed by atoms with Gasteiger partial charge in [0, 0.05) is 10.6 Å². The molecule has 142 valence electrons. The number of halogens is 1. The molecule has 2 aromatic rings. The Balaban J connectivity index is 1.96. The maximum absolute atomic E-state index is 13.0. The highest BCUT2D eigenvalue weighted by Gasteiger charge is 2.44. The van der Waals surface area contributed by atoms with Gasteiger partial charge in [-0.15, -0.1) is 0 Å². The Morgan fingerprint density at radius 2 is 1.93 bits per heavy atom. The Bertz CT molecular complexity index is 986. The second kappa shape index (κ2) is 7.81. The molecule has 4 rings (SSSR count). The first-order chi connectivity index (χ1) is 13.6. The zero-order valence-corrected chi connectivity index (χ0v) is 16.7. The highest BCUT2D eigenvalue weighted by Crippen LogP contribution is 2.43. The quantitative estimate of drug-likeness (QED) is 0.702. The molecule has 0 saturated carbocycles. The third kappa shape index (κ3) is 3.34. The van der Waals surface area contributed by atoms with Crippen LogP contribution in [0.15, 0.2) is 65.2 Å². The summed E-state index contributed by atoms with van der Waals surface area (Å²) in [5.41, 5.74) is 2.48. The molecule has 2 aliphatic heterocycles. The van der Waals surface area contributed by atoms with Crippen LogP contribution in [0.1, 0.15) is 24.1 Å². The van der Waals surface area contributed by atoms with Crippen LogP contribution >= 0.6 is 23.4 Å². The second-order valence-corrected chi connectivity index (χ2v) is 7.63. The molecular weight excluding hydrogens is 396 g/mol. The molecular formula is C21H17ClN2O3S. The van der Waals surface area contributed by atoms with Gasteiger partial charge in [-0.25, -0.2) is 9.79 Å². The molecule has 0 aliphatic carbocycles. The van der Waals surface area contributed by atoms with E-state index in [9.17, 15) is 9.59 Å². The van der Waals surface area contributed by atoms with Gasteiger partial charge in [0.1, 0.15) is 0 Å². The fourth-order valence-corrected chi connectivity index (χ4v) is 4.34. The van der Waals surface area contributed by atoms with Crippen LogP contribution in [0.25, 0.3) is 5.70 Å². The average molecular weight is 413 g/mol. The number of esters is 1. The maximum atomic E-state index is 13.0. The van der Waals surface area contributed by atoms with Crippen LogP contribution in [-0.4, -0.2) is 34.3 Å². The third-order valence-electron chi connectivity index (χ3n) is 4.52. The molecule has 1 unspecified atom stereocenters. The molecule has 1 saturated heterocycles. The maximum Gasteiger partial charge on any atom is 0.338 e. The summed E-state index contributed by atoms with van der Waals surface area (Å²) >= 11 is 7.43. The number of amides is 1. The minimum Gasteiger partial charge on any atom is -0.463 e. The first kappa shape index (κ1) is 18.8. The van der Waals surface area contributed by atoms with E-state index in [-0.39, 0.29) is 12.5 Å². The summed E-state index contributed by atoms with van der Waals surface area (Å²) in [5, 5.41) is 1.18. The Kier molecular flexibility index (Phi) is 5.24. The molecule has 0 aromatic heterocycles. The van der Waals surface area contributed by atoms with Gasteiger partial charge in [-0.05, 0) is 24.6 Å². The van der Waals surface area contributed by atoms with Gasteiger partial charge in [0.2, 0.25) is 5.91 Å². The third-order valence-corrected chi connectivity index (χ3v) is 5.71. The fraction of sp³-hybridized carbons (Fsp3) is 0.190. The number of benzene rings is 2. The number of rotatable bonds is 4. The molecule has 1 fully saturated rings. The minimum absolute atomic E-state index is 0.0855. The van der Waals surface area contributed by atoms with Gasteiger partial charge in [0.25, 0.3) is 0 Å². The van der Waals surface area contributed by atoms with Gasteiger partial charge in [-0.1, -0.05) is 65.8 Å². The van der Waals surface area contributed by atoms with Crippen molar-refractivity contribution in [3.63, 3.8) is 0 Å². The molecule has 2 aromatic carbocycles. The molecule has 0 radical (unpaired) electrons. The van der Waals surface area contributed by atoms with E-state index in [1.54, 1.807) is 24.0 Å². The minimum atomic E-state index is -0.610. The summed E-state index contributed by atoms with van der Waals surface area (Å²) in [6.45, 7) is 1.99. The van der Waals surface area contributed by atoms with Crippen molar-refractivity contribution < 1.29 is 14.3 Å². The van der Waals surface area contributed by atoms with Gasteiger partial charge < -0.3 is 4.74 Å². The van der Waals surface area contributed by atoms with E-state index in [2.05, 4.69) is 4.99 Å². The molecule has 2 heterocycles. The van der Waals surface area contributed by atoms with Crippen LogP contribution in [0.4, 0.5) is 0 Å². The summed E-state index contributed by atoms with van der Waals surface area (Å²) in [6, 6.07) is 16.0. The number of carbonyl (C=O) groups is 2. The van der Waals surface area contributed by atoms with Gasteiger partial charge in [-0.3, -0.25) is 9.69 Å². The van der Waals surface area contributed by atoms with E-state index < -0.39 is 12.0 Å². The molecule has 5 nitrogen and oxygen atoms in total. The first-order valence-electron chi connectivity index (χ1n) is 8.86. The van der Waals surface area contributed by atoms with Gasteiger partial charge in [0.15, 0.2) is 5.17 Å². The lowest BCUT2D eigenvalue weighted by molar-refractivity contribution is -0.139. The number of amidine groups is 1. The molecule has 1 amide bonds. The zero-order valence-electron chi connectivity index (χ0n) is 15.1. The number of nitrogens with zero attached hydrogens (tertiary/aromatic N) is 2.